The summed E-state index contributed by atoms with van der Waals surface area (Å²) < 4.78 is 14.5. The molecule has 0 aliphatic carbocycles. The summed E-state index contributed by atoms with van der Waals surface area (Å²) in [5.74, 6) is -1.58. The number of benzene rings is 2. The van der Waals surface area contributed by atoms with Crippen molar-refractivity contribution in [3.8, 4) is 0 Å². The normalized spacial score (nSPS) is 10.0. The van der Waals surface area contributed by atoms with Gasteiger partial charge in [-0.2, -0.15) is 0 Å². The van der Waals surface area contributed by atoms with Gasteiger partial charge in [0, 0.05) is 25.9 Å². The Morgan fingerprint density at radius 1 is 1.00 bits per heavy atom. The third-order valence-corrected chi connectivity index (χ3v) is 4.55. The predicted molar refractivity (Wildman–Crippen MR) is 125 cm³/mol. The van der Waals surface area contributed by atoms with Crippen LogP contribution in [0.5, 0.6) is 0 Å². The van der Waals surface area contributed by atoms with Gasteiger partial charge in [-0.3, -0.25) is 15.0 Å². The number of carbonyl (C=O) groups is 2. The number of anilines is 2. The lowest BCUT2D eigenvalue weighted by Gasteiger charge is -2.15. The first-order valence-corrected chi connectivity index (χ1v) is 9.53. The number of para-hydroxylation sites is 1. The number of amides is 2. The molecule has 9 heteroatoms. The van der Waals surface area contributed by atoms with Gasteiger partial charge < -0.3 is 15.5 Å². The van der Waals surface area contributed by atoms with Crippen LogP contribution < -0.4 is 10.6 Å². The average molecular weight is 456 g/mol. The third kappa shape index (κ3) is 5.67. The van der Waals surface area contributed by atoms with Gasteiger partial charge >= 0.3 is 0 Å². The van der Waals surface area contributed by atoms with Crippen molar-refractivity contribution in [2.45, 2.75) is 7.43 Å². The van der Waals surface area contributed by atoms with Crippen LogP contribution in [0, 0.1) is 11.2 Å². The highest BCUT2D eigenvalue weighted by Gasteiger charge is 2.18. The SMILES string of the molecule is C.CN(C)C(=N)c1ccc(C(=O)Nc2ccccc2C(=O)Nc2ccc(Cl)cn2)c(F)c1. The maximum atomic E-state index is 14.5. The maximum Gasteiger partial charge on any atom is 0.258 e. The summed E-state index contributed by atoms with van der Waals surface area (Å²) >= 11 is 5.79. The van der Waals surface area contributed by atoms with E-state index in [1.165, 1.54) is 35.4 Å². The van der Waals surface area contributed by atoms with E-state index in [4.69, 9.17) is 17.0 Å². The minimum absolute atomic E-state index is 0. The van der Waals surface area contributed by atoms with Crippen LogP contribution in [0.4, 0.5) is 15.9 Å². The quantitative estimate of drug-likeness (QED) is 0.376. The Bertz CT molecular complexity index is 1150. The summed E-state index contributed by atoms with van der Waals surface area (Å²) in [4.78, 5) is 30.8. The van der Waals surface area contributed by atoms with Crippen LogP contribution in [-0.4, -0.2) is 41.6 Å². The Morgan fingerprint density at radius 3 is 2.31 bits per heavy atom. The van der Waals surface area contributed by atoms with Crippen LogP contribution in [0.3, 0.4) is 0 Å². The van der Waals surface area contributed by atoms with Crippen molar-refractivity contribution in [3.05, 3.63) is 88.3 Å². The van der Waals surface area contributed by atoms with E-state index in [2.05, 4.69) is 15.6 Å². The molecule has 166 valence electrons. The van der Waals surface area contributed by atoms with Crippen molar-refractivity contribution in [1.29, 1.82) is 5.41 Å². The number of carbonyl (C=O) groups excluding carboxylic acids is 2. The smallest absolute Gasteiger partial charge is 0.258 e. The van der Waals surface area contributed by atoms with Crippen LogP contribution in [0.15, 0.2) is 60.8 Å². The average Bonchev–Trinajstić information content (AvgIpc) is 2.74. The number of halogens is 2. The van der Waals surface area contributed by atoms with Gasteiger partial charge in [0.15, 0.2) is 0 Å². The maximum absolute atomic E-state index is 14.5. The minimum atomic E-state index is -0.770. The number of hydrogen-bond donors (Lipinski definition) is 3. The van der Waals surface area contributed by atoms with E-state index in [1.807, 2.05) is 0 Å². The molecule has 0 aliphatic rings. The number of rotatable bonds is 5. The molecule has 32 heavy (non-hydrogen) atoms. The molecule has 0 atom stereocenters. The topological polar surface area (TPSA) is 98.2 Å². The van der Waals surface area contributed by atoms with Gasteiger partial charge in [0.05, 0.1) is 21.8 Å². The van der Waals surface area contributed by atoms with Crippen LogP contribution >= 0.6 is 11.6 Å². The fourth-order valence-corrected chi connectivity index (χ4v) is 2.83. The highest BCUT2D eigenvalue weighted by molar-refractivity contribution is 6.30. The molecule has 3 N–H and O–H groups in total. The van der Waals surface area contributed by atoms with Gasteiger partial charge in [-0.15, -0.1) is 0 Å². The standard InChI is InChI=1S/C22H19ClFN5O2.CH4/c1-29(2)20(25)13-7-9-15(17(24)11-13)21(30)27-18-6-4-3-5-16(18)22(31)28-19-10-8-14(23)12-26-19;/h3-12,25H,1-2H3,(H,27,30)(H,26,28,31);1H4. The first-order valence-electron chi connectivity index (χ1n) is 9.15. The van der Waals surface area contributed by atoms with Crippen LogP contribution in [-0.2, 0) is 0 Å². The molecule has 2 aromatic carbocycles. The van der Waals surface area contributed by atoms with Crippen molar-refractivity contribution in [2.75, 3.05) is 24.7 Å². The number of aromatic nitrogens is 1. The number of hydrogen-bond acceptors (Lipinski definition) is 4. The molecule has 2 amide bonds. The second-order valence-electron chi connectivity index (χ2n) is 6.75. The summed E-state index contributed by atoms with van der Waals surface area (Å²) in [6, 6.07) is 13.4. The van der Waals surface area contributed by atoms with Gasteiger partial charge in [0.2, 0.25) is 0 Å². The fraction of sp³-hybridized carbons (Fsp3) is 0.130. The van der Waals surface area contributed by atoms with Crippen LogP contribution in [0.25, 0.3) is 0 Å². The molecule has 1 aromatic heterocycles. The first kappa shape index (κ1) is 24.5. The number of nitrogens with one attached hydrogen (secondary N) is 3. The van der Waals surface area contributed by atoms with E-state index in [0.29, 0.717) is 16.4 Å². The number of pyridine rings is 1. The van der Waals surface area contributed by atoms with Gasteiger partial charge in [-0.05, 0) is 36.4 Å². The predicted octanol–water partition coefficient (Wildman–Crippen LogP) is 4.90. The van der Waals surface area contributed by atoms with Crippen molar-refractivity contribution in [2.24, 2.45) is 0 Å². The monoisotopic (exact) mass is 455 g/mol. The highest BCUT2D eigenvalue weighted by atomic mass is 35.5. The van der Waals surface area contributed by atoms with Gasteiger partial charge in [0.25, 0.3) is 11.8 Å². The lowest BCUT2D eigenvalue weighted by atomic mass is 10.1. The molecule has 0 unspecified atom stereocenters. The first-order chi connectivity index (χ1) is 14.8. The van der Waals surface area contributed by atoms with Crippen LogP contribution in [0.2, 0.25) is 5.02 Å². The zero-order chi connectivity index (χ0) is 22.5. The molecule has 0 spiro atoms. The molecule has 3 rings (SSSR count). The molecular formula is C23H23ClFN5O2. The molecular weight excluding hydrogens is 433 g/mol. The summed E-state index contributed by atoms with van der Waals surface area (Å²) in [7, 11) is 3.34. The second kappa shape index (κ2) is 10.5. The summed E-state index contributed by atoms with van der Waals surface area (Å²) in [6.45, 7) is 0. The van der Waals surface area contributed by atoms with Crippen molar-refractivity contribution < 1.29 is 14.0 Å². The lowest BCUT2D eigenvalue weighted by molar-refractivity contribution is 0.102. The number of amidine groups is 1. The zero-order valence-corrected chi connectivity index (χ0v) is 17.5. The Balaban J connectivity index is 0.00000363. The van der Waals surface area contributed by atoms with E-state index in [0.717, 1.165) is 6.07 Å². The summed E-state index contributed by atoms with van der Waals surface area (Å²) in [5, 5.41) is 13.5. The Kier molecular flexibility index (Phi) is 8.03. The van der Waals surface area contributed by atoms with Gasteiger partial charge in [-0.1, -0.05) is 37.2 Å². The van der Waals surface area contributed by atoms with Gasteiger partial charge in [0.1, 0.15) is 17.5 Å². The molecule has 3 aromatic rings. The minimum Gasteiger partial charge on any atom is -0.363 e. The van der Waals surface area contributed by atoms with Gasteiger partial charge in [-0.25, -0.2) is 9.37 Å². The molecule has 0 saturated heterocycles. The van der Waals surface area contributed by atoms with E-state index in [9.17, 15) is 14.0 Å². The van der Waals surface area contributed by atoms with E-state index in [-0.39, 0.29) is 30.1 Å². The van der Waals surface area contributed by atoms with Crippen molar-refractivity contribution in [1.82, 2.24) is 9.88 Å². The molecule has 0 bridgehead atoms. The van der Waals surface area contributed by atoms with Crippen LogP contribution in [0.1, 0.15) is 33.7 Å². The summed E-state index contributed by atoms with van der Waals surface area (Å²) in [5.41, 5.74) is 0.529. The molecule has 0 radical (unpaired) electrons. The second-order valence-corrected chi connectivity index (χ2v) is 7.19. The molecule has 1 heterocycles. The molecule has 0 aliphatic heterocycles. The van der Waals surface area contributed by atoms with Crippen molar-refractivity contribution in [3.63, 3.8) is 0 Å². The Hall–Kier alpha value is -3.78. The molecule has 7 nitrogen and oxygen atoms in total. The van der Waals surface area contributed by atoms with E-state index < -0.39 is 17.6 Å². The molecule has 0 saturated carbocycles. The van der Waals surface area contributed by atoms with Crippen molar-refractivity contribution >= 4 is 40.8 Å². The number of nitrogens with zero attached hydrogens (tertiary/aromatic N) is 2. The largest absolute Gasteiger partial charge is 0.363 e. The fourth-order valence-electron chi connectivity index (χ4n) is 2.72. The summed E-state index contributed by atoms with van der Waals surface area (Å²) in [6.07, 6.45) is 1.40. The third-order valence-electron chi connectivity index (χ3n) is 4.32. The molecule has 0 fully saturated rings. The van der Waals surface area contributed by atoms with E-state index in [1.54, 1.807) is 38.4 Å². The highest BCUT2D eigenvalue weighted by Crippen LogP contribution is 2.20. The Labute approximate surface area is 190 Å². The zero-order valence-electron chi connectivity index (χ0n) is 16.7. The Morgan fingerprint density at radius 2 is 1.69 bits per heavy atom. The van der Waals surface area contributed by atoms with E-state index >= 15 is 0 Å². The lowest BCUT2D eigenvalue weighted by Crippen LogP contribution is -2.23.